The highest BCUT2D eigenvalue weighted by atomic mass is 16.6. The Labute approximate surface area is 210 Å². The lowest BCUT2D eigenvalue weighted by Gasteiger charge is -2.36. The van der Waals surface area contributed by atoms with E-state index in [1.807, 2.05) is 53.7 Å². The van der Waals surface area contributed by atoms with Crippen molar-refractivity contribution in [2.75, 3.05) is 44.6 Å². The van der Waals surface area contributed by atoms with Crippen LogP contribution in [0.2, 0.25) is 0 Å². The van der Waals surface area contributed by atoms with Crippen LogP contribution >= 0.6 is 0 Å². The molecule has 0 radical (unpaired) electrons. The van der Waals surface area contributed by atoms with Gasteiger partial charge in [0.05, 0.1) is 0 Å². The van der Waals surface area contributed by atoms with Gasteiger partial charge < -0.3 is 25.2 Å². The van der Waals surface area contributed by atoms with Crippen molar-refractivity contribution >= 4 is 23.8 Å². The Morgan fingerprint density at radius 2 is 1.60 bits per heavy atom. The minimum atomic E-state index is -0.501. The number of likely N-dealkylation sites (tertiary alicyclic amines) is 1. The molecule has 0 bridgehead atoms. The standard InChI is InChI=1S/C26H43N5O4/c1-7-29(8-2)24(33)31(9-3)25(34)30-18-15-22(16-19-30)28-21-12-10-20(11-13-21)14-17-27-23(32)35-26(4,5)6/h10-13,22,28H,7-9,14-19H2,1-6H3,(H,27,32). The average molecular weight is 490 g/mol. The van der Waals surface area contributed by atoms with E-state index in [4.69, 9.17) is 4.74 Å². The first-order valence-corrected chi connectivity index (χ1v) is 12.8. The van der Waals surface area contributed by atoms with Crippen molar-refractivity contribution in [3.05, 3.63) is 29.8 Å². The highest BCUT2D eigenvalue weighted by Gasteiger charge is 2.30. The molecule has 1 aromatic rings. The van der Waals surface area contributed by atoms with Crippen molar-refractivity contribution in [3.8, 4) is 0 Å². The number of urea groups is 2. The summed E-state index contributed by atoms with van der Waals surface area (Å²) in [7, 11) is 0. The molecule has 2 N–H and O–H groups in total. The van der Waals surface area contributed by atoms with Crippen LogP contribution in [0, 0.1) is 0 Å². The summed E-state index contributed by atoms with van der Waals surface area (Å²) >= 11 is 0. The van der Waals surface area contributed by atoms with Gasteiger partial charge in [-0.2, -0.15) is 0 Å². The molecule has 1 heterocycles. The minimum Gasteiger partial charge on any atom is -0.444 e. The third-order valence-corrected chi connectivity index (χ3v) is 5.98. The topological polar surface area (TPSA) is 94.2 Å². The first kappa shape index (κ1) is 28.3. The van der Waals surface area contributed by atoms with Crippen LogP contribution in [0.1, 0.15) is 59.9 Å². The summed E-state index contributed by atoms with van der Waals surface area (Å²) in [5.74, 6) is 0. The molecule has 0 unspecified atom stereocenters. The summed E-state index contributed by atoms with van der Waals surface area (Å²) in [6.07, 6.45) is 1.97. The molecule has 9 nitrogen and oxygen atoms in total. The molecule has 196 valence electrons. The second kappa shape index (κ2) is 13.2. The second-order valence-electron chi connectivity index (χ2n) is 9.76. The maximum atomic E-state index is 13.0. The number of nitrogens with zero attached hydrogens (tertiary/aromatic N) is 3. The largest absolute Gasteiger partial charge is 0.444 e. The molecule has 0 aromatic heterocycles. The zero-order valence-corrected chi connectivity index (χ0v) is 22.2. The normalized spacial score (nSPS) is 14.3. The first-order valence-electron chi connectivity index (χ1n) is 12.8. The molecule has 9 heteroatoms. The Hall–Kier alpha value is -2.97. The number of carbonyl (C=O) groups excluding carboxylic acids is 3. The van der Waals surface area contributed by atoms with E-state index in [0.717, 1.165) is 30.5 Å². The van der Waals surface area contributed by atoms with Gasteiger partial charge in [0.25, 0.3) is 0 Å². The zero-order valence-electron chi connectivity index (χ0n) is 22.2. The fraction of sp³-hybridized carbons (Fsp3) is 0.654. The summed E-state index contributed by atoms with van der Waals surface area (Å²) in [5.41, 5.74) is 1.66. The number of carbonyl (C=O) groups is 3. The molecule has 0 atom stereocenters. The van der Waals surface area contributed by atoms with E-state index < -0.39 is 11.7 Å². The molecule has 1 aliphatic rings. The Morgan fingerprint density at radius 1 is 1.00 bits per heavy atom. The fourth-order valence-electron chi connectivity index (χ4n) is 4.03. The van der Waals surface area contributed by atoms with Crippen LogP contribution in [-0.2, 0) is 11.2 Å². The number of piperidine rings is 1. The first-order chi connectivity index (χ1) is 16.6. The molecule has 0 saturated carbocycles. The molecule has 1 aromatic carbocycles. The third-order valence-electron chi connectivity index (χ3n) is 5.98. The summed E-state index contributed by atoms with van der Waals surface area (Å²) in [5, 5.41) is 6.33. The van der Waals surface area contributed by atoms with Crippen LogP contribution in [0.15, 0.2) is 24.3 Å². The smallest absolute Gasteiger partial charge is 0.407 e. The number of ether oxygens (including phenoxy) is 1. The molecule has 35 heavy (non-hydrogen) atoms. The highest BCUT2D eigenvalue weighted by Crippen LogP contribution is 2.19. The van der Waals surface area contributed by atoms with Gasteiger partial charge in [0, 0.05) is 51.0 Å². The van der Waals surface area contributed by atoms with E-state index in [-0.39, 0.29) is 18.1 Å². The number of rotatable bonds is 8. The van der Waals surface area contributed by atoms with Gasteiger partial charge in [-0.3, -0.25) is 0 Å². The highest BCUT2D eigenvalue weighted by molar-refractivity contribution is 5.93. The SMILES string of the molecule is CCN(CC)C(=O)N(CC)C(=O)N1CCC(Nc2ccc(CCNC(=O)OC(C)(C)C)cc2)CC1. The summed E-state index contributed by atoms with van der Waals surface area (Å²) in [4.78, 5) is 42.2. The number of hydrogen-bond acceptors (Lipinski definition) is 5. The van der Waals surface area contributed by atoms with Gasteiger partial charge in [-0.15, -0.1) is 0 Å². The Kier molecular flexibility index (Phi) is 10.7. The Morgan fingerprint density at radius 3 is 2.11 bits per heavy atom. The maximum absolute atomic E-state index is 13.0. The van der Waals surface area contributed by atoms with E-state index in [1.165, 1.54) is 4.90 Å². The number of hydrogen-bond donors (Lipinski definition) is 2. The lowest BCUT2D eigenvalue weighted by atomic mass is 10.0. The van der Waals surface area contributed by atoms with Crippen molar-refractivity contribution in [1.29, 1.82) is 0 Å². The molecular formula is C26H43N5O4. The monoisotopic (exact) mass is 489 g/mol. The number of imide groups is 1. The summed E-state index contributed by atoms with van der Waals surface area (Å²) in [6, 6.07) is 8.04. The molecule has 0 spiro atoms. The molecule has 2 rings (SSSR count). The molecule has 5 amide bonds. The summed E-state index contributed by atoms with van der Waals surface area (Å²) in [6.45, 7) is 14.5. The Bertz CT molecular complexity index is 825. The van der Waals surface area contributed by atoms with E-state index >= 15 is 0 Å². The number of benzene rings is 1. The average Bonchev–Trinajstić information content (AvgIpc) is 2.81. The molecular weight excluding hydrogens is 446 g/mol. The van der Waals surface area contributed by atoms with Gasteiger partial charge in [-0.05, 0) is 78.5 Å². The second-order valence-corrected chi connectivity index (χ2v) is 9.76. The van der Waals surface area contributed by atoms with Gasteiger partial charge in [0.1, 0.15) is 5.60 Å². The molecule has 1 saturated heterocycles. The van der Waals surface area contributed by atoms with Crippen LogP contribution < -0.4 is 10.6 Å². The quantitative estimate of drug-likeness (QED) is 0.559. The predicted molar refractivity (Wildman–Crippen MR) is 139 cm³/mol. The van der Waals surface area contributed by atoms with Crippen LogP contribution in [0.4, 0.5) is 20.1 Å². The van der Waals surface area contributed by atoms with Crippen LogP contribution in [0.25, 0.3) is 0 Å². The lowest BCUT2D eigenvalue weighted by Crippen LogP contribution is -2.53. The van der Waals surface area contributed by atoms with E-state index in [0.29, 0.717) is 39.3 Å². The van der Waals surface area contributed by atoms with E-state index in [1.54, 1.807) is 9.80 Å². The van der Waals surface area contributed by atoms with E-state index in [9.17, 15) is 14.4 Å². The minimum absolute atomic E-state index is 0.202. The number of amides is 5. The van der Waals surface area contributed by atoms with Crippen LogP contribution in [0.5, 0.6) is 0 Å². The van der Waals surface area contributed by atoms with Gasteiger partial charge in [0.2, 0.25) is 0 Å². The van der Waals surface area contributed by atoms with Crippen molar-refractivity contribution in [3.63, 3.8) is 0 Å². The third kappa shape index (κ3) is 8.96. The Balaban J connectivity index is 1.78. The van der Waals surface area contributed by atoms with Crippen molar-refractivity contribution < 1.29 is 19.1 Å². The maximum Gasteiger partial charge on any atom is 0.407 e. The van der Waals surface area contributed by atoms with E-state index in [2.05, 4.69) is 22.8 Å². The predicted octanol–water partition coefficient (Wildman–Crippen LogP) is 4.53. The van der Waals surface area contributed by atoms with Gasteiger partial charge >= 0.3 is 18.2 Å². The molecule has 0 aliphatic carbocycles. The van der Waals surface area contributed by atoms with Crippen molar-refractivity contribution in [1.82, 2.24) is 20.0 Å². The lowest BCUT2D eigenvalue weighted by molar-refractivity contribution is 0.0528. The molecule has 1 aliphatic heterocycles. The number of alkyl carbamates (subject to hydrolysis) is 1. The number of anilines is 1. The zero-order chi connectivity index (χ0) is 26.0. The van der Waals surface area contributed by atoms with Crippen molar-refractivity contribution in [2.45, 2.75) is 72.4 Å². The van der Waals surface area contributed by atoms with Crippen molar-refractivity contribution in [2.24, 2.45) is 0 Å². The van der Waals surface area contributed by atoms with Gasteiger partial charge in [-0.1, -0.05) is 12.1 Å². The van der Waals surface area contributed by atoms with Gasteiger partial charge in [-0.25, -0.2) is 19.3 Å². The summed E-state index contributed by atoms with van der Waals surface area (Å²) < 4.78 is 5.25. The molecule has 1 fully saturated rings. The fourth-order valence-corrected chi connectivity index (χ4v) is 4.03. The van der Waals surface area contributed by atoms with Crippen LogP contribution in [-0.4, -0.2) is 83.8 Å². The van der Waals surface area contributed by atoms with Crippen LogP contribution in [0.3, 0.4) is 0 Å². The number of nitrogens with one attached hydrogen (secondary N) is 2. The van der Waals surface area contributed by atoms with Gasteiger partial charge in [0.15, 0.2) is 0 Å².